The minimum Gasteiger partial charge on any atom is -0.462 e. The third kappa shape index (κ3) is 54.9. The second-order valence-corrected chi connectivity index (χ2v) is 18.4. The van der Waals surface area contributed by atoms with E-state index in [0.717, 1.165) is 116 Å². The van der Waals surface area contributed by atoms with Gasteiger partial charge in [0, 0.05) is 19.3 Å². The number of allylic oxidation sites excluding steroid dienone is 18. The Morgan fingerprint density at radius 1 is 0.304 bits per heavy atom. The molecule has 1 atom stereocenters. The molecule has 0 radical (unpaired) electrons. The summed E-state index contributed by atoms with van der Waals surface area (Å²) in [5.74, 6) is -0.979. The van der Waals surface area contributed by atoms with E-state index in [1.54, 1.807) is 0 Å². The summed E-state index contributed by atoms with van der Waals surface area (Å²) in [6.07, 6.45) is 76.5. The highest BCUT2D eigenvalue weighted by Crippen LogP contribution is 2.15. The summed E-state index contributed by atoms with van der Waals surface area (Å²) < 4.78 is 16.8. The van der Waals surface area contributed by atoms with Gasteiger partial charge >= 0.3 is 17.9 Å². The molecule has 0 aromatic rings. The molecule has 0 N–H and O–H groups in total. The average molecular weight is 958 g/mol. The smallest absolute Gasteiger partial charge is 0.306 e. The van der Waals surface area contributed by atoms with Crippen molar-refractivity contribution in [2.24, 2.45) is 0 Å². The van der Waals surface area contributed by atoms with Crippen molar-refractivity contribution in [3.05, 3.63) is 109 Å². The molecule has 0 aliphatic rings. The molecule has 0 saturated carbocycles. The van der Waals surface area contributed by atoms with Gasteiger partial charge in [-0.1, -0.05) is 239 Å². The van der Waals surface area contributed by atoms with Crippen LogP contribution in [0.2, 0.25) is 0 Å². The topological polar surface area (TPSA) is 78.9 Å². The Hall–Kier alpha value is -3.93. The van der Waals surface area contributed by atoms with Crippen LogP contribution in [-0.2, 0) is 28.6 Å². The lowest BCUT2D eigenvalue weighted by molar-refractivity contribution is -0.167. The van der Waals surface area contributed by atoms with Crippen LogP contribution in [0.15, 0.2) is 109 Å². The van der Waals surface area contributed by atoms with E-state index in [0.29, 0.717) is 19.3 Å². The van der Waals surface area contributed by atoms with E-state index < -0.39 is 6.10 Å². The summed E-state index contributed by atoms with van der Waals surface area (Å²) in [7, 11) is 0. The predicted octanol–water partition coefficient (Wildman–Crippen LogP) is 19.1. The molecule has 392 valence electrons. The van der Waals surface area contributed by atoms with Gasteiger partial charge in [0.15, 0.2) is 6.10 Å². The first-order chi connectivity index (χ1) is 34.0. The fourth-order valence-electron chi connectivity index (χ4n) is 7.58. The van der Waals surface area contributed by atoms with Crippen LogP contribution in [0.4, 0.5) is 0 Å². The van der Waals surface area contributed by atoms with Crippen LogP contribution >= 0.6 is 0 Å². The van der Waals surface area contributed by atoms with Crippen LogP contribution in [0.1, 0.15) is 252 Å². The van der Waals surface area contributed by atoms with E-state index >= 15 is 0 Å². The number of unbranched alkanes of at least 4 members (excludes halogenated alkanes) is 21. The van der Waals surface area contributed by atoms with E-state index in [4.69, 9.17) is 14.2 Å². The minimum atomic E-state index is -0.814. The Morgan fingerprint density at radius 3 is 0.913 bits per heavy atom. The summed E-state index contributed by atoms with van der Waals surface area (Å²) in [5.41, 5.74) is 0. The zero-order chi connectivity index (χ0) is 50.0. The van der Waals surface area contributed by atoms with Crippen molar-refractivity contribution >= 4 is 17.9 Å². The molecule has 0 amide bonds. The van der Waals surface area contributed by atoms with Gasteiger partial charge in [0.2, 0.25) is 0 Å². The number of rotatable bonds is 50. The molecule has 0 heterocycles. The van der Waals surface area contributed by atoms with Crippen LogP contribution < -0.4 is 0 Å². The van der Waals surface area contributed by atoms with Crippen molar-refractivity contribution in [1.82, 2.24) is 0 Å². The Balaban J connectivity index is 4.49. The lowest BCUT2D eigenvalue weighted by Crippen LogP contribution is -2.30. The number of ether oxygens (including phenoxy) is 3. The number of hydrogen-bond donors (Lipinski definition) is 0. The molecule has 6 heteroatoms. The molecule has 0 fully saturated rings. The molecule has 0 aliphatic heterocycles. The van der Waals surface area contributed by atoms with Crippen molar-refractivity contribution in [2.75, 3.05) is 13.2 Å². The Bertz CT molecular complexity index is 1420. The monoisotopic (exact) mass is 957 g/mol. The minimum absolute atomic E-state index is 0.105. The number of carbonyl (C=O) groups excluding carboxylic acids is 3. The number of hydrogen-bond acceptors (Lipinski definition) is 6. The van der Waals surface area contributed by atoms with Crippen molar-refractivity contribution < 1.29 is 28.6 Å². The molecular formula is C63H104O6. The highest BCUT2D eigenvalue weighted by molar-refractivity contribution is 5.71. The first-order valence-electron chi connectivity index (χ1n) is 28.4. The largest absolute Gasteiger partial charge is 0.462 e. The van der Waals surface area contributed by atoms with E-state index in [2.05, 4.69) is 130 Å². The van der Waals surface area contributed by atoms with Crippen LogP contribution in [0.5, 0.6) is 0 Å². The van der Waals surface area contributed by atoms with Crippen LogP contribution in [0.25, 0.3) is 0 Å². The fraction of sp³-hybridized carbons (Fsp3) is 0.667. The van der Waals surface area contributed by atoms with Crippen molar-refractivity contribution in [3.8, 4) is 0 Å². The highest BCUT2D eigenvalue weighted by Gasteiger charge is 2.19. The molecule has 0 bridgehead atoms. The lowest BCUT2D eigenvalue weighted by atomic mass is 10.0. The van der Waals surface area contributed by atoms with Crippen molar-refractivity contribution in [1.29, 1.82) is 0 Å². The van der Waals surface area contributed by atoms with Crippen molar-refractivity contribution in [2.45, 2.75) is 258 Å². The Kier molecular flexibility index (Phi) is 53.4. The molecule has 0 rings (SSSR count). The Morgan fingerprint density at radius 2 is 0.565 bits per heavy atom. The van der Waals surface area contributed by atoms with Gasteiger partial charge in [-0.2, -0.15) is 0 Å². The molecule has 0 saturated heterocycles. The molecular weight excluding hydrogens is 853 g/mol. The summed E-state index contributed by atoms with van der Waals surface area (Å²) >= 11 is 0. The van der Waals surface area contributed by atoms with Gasteiger partial charge in [0.25, 0.3) is 0 Å². The van der Waals surface area contributed by atoms with Gasteiger partial charge in [-0.05, 0) is 103 Å². The molecule has 0 spiro atoms. The standard InChI is InChI=1S/C63H104O6/c1-4-7-10-13-16-19-22-25-28-30-31-33-36-38-41-44-47-50-53-56-62(65)68-59-60(69-63(66)57-54-51-48-45-42-39-34-27-24-21-18-15-12-9-6-3)58-67-61(64)55-52-49-46-43-40-37-35-32-29-26-23-20-17-14-11-8-5-2/h7,9-10,12,16,18-19,21,25,27-28,31,33-34,38,41-42,45,60H,4-6,8,11,13-15,17,20,22-24,26,29-30,32,35-37,39-40,43-44,46-59H2,1-3H3/b10-7-,12-9-,19-16-,21-18-,28-25-,33-31-,34-27-,41-38-,45-42-/t60-/m0/s1. The van der Waals surface area contributed by atoms with Crippen LogP contribution in [0, 0.1) is 0 Å². The number of esters is 3. The third-order valence-electron chi connectivity index (χ3n) is 11.8. The van der Waals surface area contributed by atoms with E-state index in [1.807, 2.05) is 0 Å². The molecule has 0 aromatic carbocycles. The van der Waals surface area contributed by atoms with E-state index in [9.17, 15) is 14.4 Å². The van der Waals surface area contributed by atoms with Gasteiger partial charge in [-0.3, -0.25) is 14.4 Å². The predicted molar refractivity (Wildman–Crippen MR) is 297 cm³/mol. The average Bonchev–Trinajstić information content (AvgIpc) is 3.35. The third-order valence-corrected chi connectivity index (χ3v) is 11.8. The maximum atomic E-state index is 12.8. The first-order valence-corrected chi connectivity index (χ1v) is 28.4. The summed E-state index contributed by atoms with van der Waals surface area (Å²) in [6, 6.07) is 0. The van der Waals surface area contributed by atoms with Gasteiger partial charge in [-0.15, -0.1) is 0 Å². The van der Waals surface area contributed by atoms with Gasteiger partial charge in [0.05, 0.1) is 0 Å². The van der Waals surface area contributed by atoms with Gasteiger partial charge in [-0.25, -0.2) is 0 Å². The highest BCUT2D eigenvalue weighted by atomic mass is 16.6. The number of carbonyl (C=O) groups is 3. The van der Waals surface area contributed by atoms with Gasteiger partial charge in [0.1, 0.15) is 13.2 Å². The summed E-state index contributed by atoms with van der Waals surface area (Å²) in [4.78, 5) is 38.1. The second-order valence-electron chi connectivity index (χ2n) is 18.4. The first kappa shape index (κ1) is 65.1. The van der Waals surface area contributed by atoms with Crippen LogP contribution in [0.3, 0.4) is 0 Å². The maximum absolute atomic E-state index is 12.8. The van der Waals surface area contributed by atoms with Crippen LogP contribution in [-0.4, -0.2) is 37.2 Å². The lowest BCUT2D eigenvalue weighted by Gasteiger charge is -2.18. The fourth-order valence-corrected chi connectivity index (χ4v) is 7.58. The van der Waals surface area contributed by atoms with Crippen molar-refractivity contribution in [3.63, 3.8) is 0 Å². The molecule has 6 nitrogen and oxygen atoms in total. The summed E-state index contributed by atoms with van der Waals surface area (Å²) in [6.45, 7) is 6.36. The molecule has 0 aliphatic carbocycles. The van der Waals surface area contributed by atoms with Gasteiger partial charge < -0.3 is 14.2 Å². The zero-order valence-electron chi connectivity index (χ0n) is 44.8. The quantitative estimate of drug-likeness (QED) is 0.0262. The van der Waals surface area contributed by atoms with E-state index in [1.165, 1.54) is 89.9 Å². The Labute approximate surface area is 425 Å². The second kappa shape index (κ2) is 56.7. The molecule has 0 unspecified atom stereocenters. The molecule has 69 heavy (non-hydrogen) atoms. The summed E-state index contributed by atoms with van der Waals surface area (Å²) in [5, 5.41) is 0. The normalized spacial score (nSPS) is 12.9. The SMILES string of the molecule is CC/C=C\C/C=C\C/C=C\C/C=C\C/C=C\CCCCCC(=O)OC[C@H](COC(=O)CCCCCCCCCCCCCCCCCCC)OC(=O)CCCC/C=C\C/C=C\C/C=C\C/C=C\CC. The maximum Gasteiger partial charge on any atom is 0.306 e. The van der Waals surface area contributed by atoms with E-state index in [-0.39, 0.29) is 37.5 Å². The zero-order valence-corrected chi connectivity index (χ0v) is 44.8. The molecule has 0 aromatic heterocycles.